The van der Waals surface area contributed by atoms with Crippen LogP contribution in [0.2, 0.25) is 0 Å². The van der Waals surface area contributed by atoms with E-state index in [0.717, 1.165) is 29.4 Å². The van der Waals surface area contributed by atoms with E-state index in [4.69, 9.17) is 9.72 Å². The maximum Gasteiger partial charge on any atom is 0.141 e. The summed E-state index contributed by atoms with van der Waals surface area (Å²) in [5, 5.41) is 2.47. The molecule has 0 aliphatic carbocycles. The van der Waals surface area contributed by atoms with Gasteiger partial charge in [0.1, 0.15) is 17.3 Å². The van der Waals surface area contributed by atoms with Gasteiger partial charge in [-0.3, -0.25) is 4.57 Å². The first-order chi connectivity index (χ1) is 18.6. The Morgan fingerprint density at radius 2 is 1.72 bits per heavy atom. The lowest BCUT2D eigenvalue weighted by atomic mass is 9.76. The van der Waals surface area contributed by atoms with E-state index in [-0.39, 0.29) is 10.8 Å². The Bertz CT molecular complexity index is 1800. The summed E-state index contributed by atoms with van der Waals surface area (Å²) in [6.07, 6.45) is 6.36. The van der Waals surface area contributed by atoms with Crippen LogP contribution in [0.25, 0.3) is 27.6 Å². The fraction of sp³-hybridized carbons (Fsp3) is 0.286. The second-order valence-electron chi connectivity index (χ2n) is 12.8. The monoisotopic (exact) mass is 513 g/mol. The first-order valence-corrected chi connectivity index (χ1v) is 13.9. The van der Waals surface area contributed by atoms with Crippen LogP contribution in [0.5, 0.6) is 11.5 Å². The van der Waals surface area contributed by atoms with Gasteiger partial charge in [-0.05, 0) is 52.8 Å². The first kappa shape index (κ1) is 24.0. The zero-order chi connectivity index (χ0) is 27.1. The smallest absolute Gasteiger partial charge is 0.141 e. The molecule has 4 nitrogen and oxygen atoms in total. The highest BCUT2D eigenvalue weighted by atomic mass is 16.5. The second kappa shape index (κ2) is 8.22. The normalized spacial score (nSPS) is 17.7. The molecule has 7 rings (SSSR count). The highest BCUT2D eigenvalue weighted by Crippen LogP contribution is 2.47. The van der Waals surface area contributed by atoms with Gasteiger partial charge in [0, 0.05) is 58.5 Å². The van der Waals surface area contributed by atoms with Crippen molar-refractivity contribution < 1.29 is 4.74 Å². The minimum absolute atomic E-state index is 0.00907. The van der Waals surface area contributed by atoms with Crippen molar-refractivity contribution in [1.82, 2.24) is 9.55 Å². The third-order valence-electron chi connectivity index (χ3n) is 8.51. The van der Waals surface area contributed by atoms with Crippen molar-refractivity contribution in [2.24, 2.45) is 5.92 Å². The Morgan fingerprint density at radius 3 is 2.49 bits per heavy atom. The Hall–Kier alpha value is -4.05. The van der Waals surface area contributed by atoms with Crippen LogP contribution < -0.4 is 9.64 Å². The Labute approximate surface area is 230 Å². The second-order valence-corrected chi connectivity index (χ2v) is 12.8. The highest BCUT2D eigenvalue weighted by Gasteiger charge is 2.35. The number of pyridine rings is 1. The Balaban J connectivity index is 1.39. The van der Waals surface area contributed by atoms with Crippen molar-refractivity contribution in [3.8, 4) is 17.3 Å². The number of para-hydroxylation sites is 1. The number of hydrogen-bond acceptors (Lipinski definition) is 3. The van der Waals surface area contributed by atoms with E-state index in [0.29, 0.717) is 5.92 Å². The summed E-state index contributed by atoms with van der Waals surface area (Å²) < 4.78 is 8.97. The fourth-order valence-corrected chi connectivity index (χ4v) is 6.29. The molecule has 2 aromatic heterocycles. The summed E-state index contributed by atoms with van der Waals surface area (Å²) in [6, 6.07) is 24.1. The highest BCUT2D eigenvalue weighted by molar-refractivity contribution is 6.11. The van der Waals surface area contributed by atoms with Gasteiger partial charge in [0.05, 0.1) is 11.0 Å². The van der Waals surface area contributed by atoms with Crippen molar-refractivity contribution in [2.45, 2.75) is 52.4 Å². The van der Waals surface area contributed by atoms with Crippen molar-refractivity contribution in [3.05, 3.63) is 102 Å². The van der Waals surface area contributed by atoms with Gasteiger partial charge >= 0.3 is 0 Å². The van der Waals surface area contributed by atoms with E-state index in [1.165, 1.54) is 38.7 Å². The van der Waals surface area contributed by atoms with Gasteiger partial charge in [0.15, 0.2) is 0 Å². The van der Waals surface area contributed by atoms with Gasteiger partial charge in [-0.15, -0.1) is 0 Å². The molecule has 0 fully saturated rings. The Morgan fingerprint density at radius 1 is 0.897 bits per heavy atom. The molecule has 39 heavy (non-hydrogen) atoms. The van der Waals surface area contributed by atoms with Crippen molar-refractivity contribution >= 4 is 27.5 Å². The summed E-state index contributed by atoms with van der Waals surface area (Å²) >= 11 is 0. The van der Waals surface area contributed by atoms with E-state index in [2.05, 4.69) is 124 Å². The number of aromatic nitrogens is 2. The molecule has 4 heterocycles. The first-order valence-electron chi connectivity index (χ1n) is 13.9. The van der Waals surface area contributed by atoms with Crippen LogP contribution >= 0.6 is 0 Å². The van der Waals surface area contributed by atoms with Gasteiger partial charge < -0.3 is 9.64 Å². The molecule has 0 amide bonds. The quantitative estimate of drug-likeness (QED) is 0.241. The lowest BCUT2D eigenvalue weighted by Gasteiger charge is -2.33. The molecular formula is C35H35N3O. The molecule has 3 aromatic carbocycles. The van der Waals surface area contributed by atoms with E-state index >= 15 is 0 Å². The average Bonchev–Trinajstić information content (AvgIpc) is 3.48. The number of rotatable bonds is 3. The summed E-state index contributed by atoms with van der Waals surface area (Å²) in [5.74, 6) is 3.24. The van der Waals surface area contributed by atoms with E-state index < -0.39 is 0 Å². The number of hydrogen-bond donors (Lipinski definition) is 0. The van der Waals surface area contributed by atoms with E-state index in [9.17, 15) is 0 Å². The zero-order valence-corrected chi connectivity index (χ0v) is 23.6. The third kappa shape index (κ3) is 3.69. The van der Waals surface area contributed by atoms with Gasteiger partial charge in [-0.2, -0.15) is 0 Å². The van der Waals surface area contributed by atoms with Crippen LogP contribution in [0.15, 0.2) is 85.2 Å². The number of ether oxygens (including phenoxy) is 1. The summed E-state index contributed by atoms with van der Waals surface area (Å²) in [7, 11) is 0. The summed E-state index contributed by atoms with van der Waals surface area (Å²) in [4.78, 5) is 7.21. The lowest BCUT2D eigenvalue weighted by molar-refractivity contribution is 0.479. The third-order valence-corrected chi connectivity index (χ3v) is 8.51. The van der Waals surface area contributed by atoms with Crippen molar-refractivity contribution in [3.63, 3.8) is 0 Å². The minimum Gasteiger partial charge on any atom is -0.457 e. The number of fused-ring (bicyclic) bond motifs is 5. The van der Waals surface area contributed by atoms with Gasteiger partial charge in [0.2, 0.25) is 0 Å². The number of benzene rings is 3. The predicted octanol–water partition coefficient (Wildman–Crippen LogP) is 8.88. The number of anilines is 1. The molecule has 0 saturated carbocycles. The SMILES string of the molecule is CC1C=CN(c2cc(Oc3ccc4c5cccc6c5n(c4c3)-c3ncccc3C6(C)C)cc(C(C)(C)C)c2)C1. The van der Waals surface area contributed by atoms with Crippen LogP contribution in [-0.2, 0) is 10.8 Å². The molecule has 1 atom stereocenters. The Kier molecular flexibility index (Phi) is 5.07. The molecule has 0 spiro atoms. The molecule has 0 bridgehead atoms. The maximum atomic E-state index is 6.64. The topological polar surface area (TPSA) is 30.3 Å². The van der Waals surface area contributed by atoms with Crippen LogP contribution in [0.4, 0.5) is 5.69 Å². The van der Waals surface area contributed by atoms with Gasteiger partial charge in [-0.25, -0.2) is 4.98 Å². The van der Waals surface area contributed by atoms with E-state index in [1.54, 1.807) is 0 Å². The van der Waals surface area contributed by atoms with Crippen LogP contribution in [0.1, 0.15) is 58.2 Å². The molecule has 0 radical (unpaired) electrons. The standard InChI is InChI=1S/C35H35N3O/c1-22-14-16-37(21-22)24-17-23(34(2,3)4)18-26(19-24)39-25-12-13-27-28-9-7-10-29-32(28)38(31(27)20-25)33-30(35(29,5)6)11-8-15-36-33/h7-20,22H,21H2,1-6H3. The number of nitrogens with zero attached hydrogens (tertiary/aromatic N) is 3. The van der Waals surface area contributed by atoms with Crippen LogP contribution in [0, 0.1) is 5.92 Å². The van der Waals surface area contributed by atoms with Gasteiger partial charge in [-0.1, -0.05) is 71.9 Å². The van der Waals surface area contributed by atoms with Crippen molar-refractivity contribution in [1.29, 1.82) is 0 Å². The molecule has 2 aliphatic heterocycles. The zero-order valence-electron chi connectivity index (χ0n) is 23.6. The molecule has 196 valence electrons. The molecule has 2 aliphatic rings. The maximum absolute atomic E-state index is 6.64. The molecule has 0 N–H and O–H groups in total. The average molecular weight is 514 g/mol. The lowest BCUT2D eigenvalue weighted by Crippen LogP contribution is -2.26. The van der Waals surface area contributed by atoms with Crippen LogP contribution in [0.3, 0.4) is 0 Å². The fourth-order valence-electron chi connectivity index (χ4n) is 6.29. The summed E-state index contributed by atoms with van der Waals surface area (Å²) in [6.45, 7) is 14.6. The van der Waals surface area contributed by atoms with E-state index in [1.807, 2.05) is 12.3 Å². The molecular weight excluding hydrogens is 478 g/mol. The summed E-state index contributed by atoms with van der Waals surface area (Å²) in [5.41, 5.74) is 7.25. The predicted molar refractivity (Wildman–Crippen MR) is 162 cm³/mol. The largest absolute Gasteiger partial charge is 0.457 e. The van der Waals surface area contributed by atoms with Crippen LogP contribution in [-0.4, -0.2) is 16.1 Å². The molecule has 1 unspecified atom stereocenters. The van der Waals surface area contributed by atoms with Crippen molar-refractivity contribution in [2.75, 3.05) is 11.4 Å². The molecule has 4 heteroatoms. The molecule has 0 saturated heterocycles. The van der Waals surface area contributed by atoms with Gasteiger partial charge in [0.25, 0.3) is 0 Å². The minimum atomic E-state index is -0.127. The molecule has 5 aromatic rings.